The summed E-state index contributed by atoms with van der Waals surface area (Å²) in [5, 5.41) is 0. The lowest BCUT2D eigenvalue weighted by atomic mass is 9.54. The van der Waals surface area contributed by atoms with E-state index >= 15 is 0 Å². The van der Waals surface area contributed by atoms with E-state index in [9.17, 15) is 8.42 Å². The Balaban J connectivity index is 0.00000144. The molecule has 4 aliphatic carbocycles. The maximum Gasteiger partial charge on any atom is 0.240 e. The lowest BCUT2D eigenvalue weighted by Gasteiger charge is -2.54. The highest BCUT2D eigenvalue weighted by Crippen LogP contribution is 2.53. The van der Waals surface area contributed by atoms with E-state index in [0.29, 0.717) is 16.7 Å². The van der Waals surface area contributed by atoms with Gasteiger partial charge >= 0.3 is 0 Å². The number of nitrogens with one attached hydrogen (secondary N) is 1. The summed E-state index contributed by atoms with van der Waals surface area (Å²) >= 11 is 0. The maximum atomic E-state index is 12.6. The van der Waals surface area contributed by atoms with Crippen LogP contribution in [0, 0.1) is 30.6 Å². The van der Waals surface area contributed by atoms with E-state index in [1.807, 2.05) is 19.1 Å². The molecule has 0 amide bonds. The van der Waals surface area contributed by atoms with Crippen LogP contribution in [0.1, 0.15) is 37.7 Å². The Labute approximate surface area is 139 Å². The van der Waals surface area contributed by atoms with Gasteiger partial charge in [0.15, 0.2) is 0 Å². The zero-order valence-electron chi connectivity index (χ0n) is 12.9. The van der Waals surface area contributed by atoms with E-state index in [0.717, 1.165) is 17.4 Å². The Bertz CT molecular complexity index is 613. The van der Waals surface area contributed by atoms with Gasteiger partial charge in [-0.05, 0) is 74.8 Å². The molecular weight excluding hydrogens is 318 g/mol. The molecule has 1 aromatic carbocycles. The molecule has 0 atom stereocenters. The minimum atomic E-state index is -3.37. The van der Waals surface area contributed by atoms with Gasteiger partial charge in [-0.15, -0.1) is 12.4 Å². The van der Waals surface area contributed by atoms with Crippen molar-refractivity contribution < 1.29 is 8.42 Å². The largest absolute Gasteiger partial charge is 0.240 e. The SMILES string of the molecule is Cc1ccc(S(=O)(=O)NC2C3CC4CC(C3)CC2C4)cc1.Cl. The lowest BCUT2D eigenvalue weighted by molar-refractivity contribution is -0.00557. The van der Waals surface area contributed by atoms with Crippen LogP contribution in [0.5, 0.6) is 0 Å². The van der Waals surface area contributed by atoms with E-state index in [1.54, 1.807) is 12.1 Å². The molecule has 4 fully saturated rings. The second kappa shape index (κ2) is 5.81. The molecule has 5 rings (SSSR count). The molecular formula is C17H24ClNO2S. The Kier molecular flexibility index (Phi) is 4.30. The number of rotatable bonds is 3. The Morgan fingerprint density at radius 1 is 0.909 bits per heavy atom. The zero-order chi connectivity index (χ0) is 14.6. The van der Waals surface area contributed by atoms with Gasteiger partial charge in [0.25, 0.3) is 0 Å². The Morgan fingerprint density at radius 3 is 1.91 bits per heavy atom. The summed E-state index contributed by atoms with van der Waals surface area (Å²) in [4.78, 5) is 0.405. The van der Waals surface area contributed by atoms with Gasteiger partial charge in [-0.25, -0.2) is 13.1 Å². The first-order valence-corrected chi connectivity index (χ1v) is 9.58. The number of sulfonamides is 1. The van der Waals surface area contributed by atoms with Crippen molar-refractivity contribution in [1.29, 1.82) is 0 Å². The highest BCUT2D eigenvalue weighted by atomic mass is 35.5. The van der Waals surface area contributed by atoms with Crippen molar-refractivity contribution in [2.75, 3.05) is 0 Å². The summed E-state index contributed by atoms with van der Waals surface area (Å²) in [5.41, 5.74) is 1.09. The Morgan fingerprint density at radius 2 is 1.41 bits per heavy atom. The first kappa shape index (κ1) is 16.3. The average molecular weight is 342 g/mol. The zero-order valence-corrected chi connectivity index (χ0v) is 14.5. The van der Waals surface area contributed by atoms with E-state index < -0.39 is 10.0 Å². The molecule has 4 aliphatic rings. The molecule has 4 saturated carbocycles. The molecule has 0 spiro atoms. The van der Waals surface area contributed by atoms with Crippen LogP contribution in [0.25, 0.3) is 0 Å². The minimum Gasteiger partial charge on any atom is -0.208 e. The molecule has 1 aromatic rings. The number of benzene rings is 1. The van der Waals surface area contributed by atoms with Crippen molar-refractivity contribution in [1.82, 2.24) is 4.72 Å². The molecule has 3 nitrogen and oxygen atoms in total. The third kappa shape index (κ3) is 2.81. The van der Waals surface area contributed by atoms with Crippen LogP contribution in [0.2, 0.25) is 0 Å². The average Bonchev–Trinajstić information content (AvgIpc) is 2.42. The fraction of sp³-hybridized carbons (Fsp3) is 0.647. The van der Waals surface area contributed by atoms with Crippen LogP contribution in [0.3, 0.4) is 0 Å². The summed E-state index contributed by atoms with van der Waals surface area (Å²) in [6.07, 6.45) is 6.31. The van der Waals surface area contributed by atoms with Crippen LogP contribution in [0.4, 0.5) is 0 Å². The Hall–Kier alpha value is -0.580. The van der Waals surface area contributed by atoms with Crippen LogP contribution < -0.4 is 4.72 Å². The molecule has 5 heteroatoms. The topological polar surface area (TPSA) is 46.2 Å². The predicted molar refractivity (Wildman–Crippen MR) is 89.6 cm³/mol. The van der Waals surface area contributed by atoms with Gasteiger partial charge in [0.05, 0.1) is 4.90 Å². The smallest absolute Gasteiger partial charge is 0.208 e. The molecule has 122 valence electrons. The van der Waals surface area contributed by atoms with Gasteiger partial charge in [0.1, 0.15) is 0 Å². The summed E-state index contributed by atoms with van der Waals surface area (Å²) in [7, 11) is -3.37. The molecule has 4 bridgehead atoms. The first-order valence-electron chi connectivity index (χ1n) is 8.10. The van der Waals surface area contributed by atoms with Crippen molar-refractivity contribution in [2.45, 2.75) is 50.0 Å². The van der Waals surface area contributed by atoms with Crippen molar-refractivity contribution in [2.24, 2.45) is 23.7 Å². The van der Waals surface area contributed by atoms with Crippen LogP contribution >= 0.6 is 12.4 Å². The van der Waals surface area contributed by atoms with Crippen LogP contribution in [-0.2, 0) is 10.0 Å². The van der Waals surface area contributed by atoms with E-state index in [2.05, 4.69) is 4.72 Å². The van der Waals surface area contributed by atoms with E-state index in [1.165, 1.54) is 32.1 Å². The van der Waals surface area contributed by atoms with Gasteiger partial charge in [-0.3, -0.25) is 0 Å². The molecule has 0 heterocycles. The molecule has 0 saturated heterocycles. The number of halogens is 1. The monoisotopic (exact) mass is 341 g/mol. The number of aryl methyl sites for hydroxylation is 1. The van der Waals surface area contributed by atoms with Gasteiger partial charge in [0, 0.05) is 6.04 Å². The third-order valence-electron chi connectivity index (χ3n) is 5.85. The van der Waals surface area contributed by atoms with E-state index in [-0.39, 0.29) is 18.4 Å². The lowest BCUT2D eigenvalue weighted by Crippen LogP contribution is -2.55. The van der Waals surface area contributed by atoms with Crippen LogP contribution in [-0.4, -0.2) is 14.5 Å². The van der Waals surface area contributed by atoms with Gasteiger partial charge in [-0.2, -0.15) is 0 Å². The molecule has 0 aromatic heterocycles. The summed E-state index contributed by atoms with van der Waals surface area (Å²) in [6, 6.07) is 7.34. The minimum absolute atomic E-state index is 0. The van der Waals surface area contributed by atoms with Gasteiger partial charge < -0.3 is 0 Å². The highest BCUT2D eigenvalue weighted by molar-refractivity contribution is 7.89. The molecule has 0 radical (unpaired) electrons. The fourth-order valence-corrected chi connectivity index (χ4v) is 6.46. The molecule has 22 heavy (non-hydrogen) atoms. The van der Waals surface area contributed by atoms with Crippen molar-refractivity contribution in [3.8, 4) is 0 Å². The standard InChI is InChI=1S/C17H23NO2S.ClH/c1-11-2-4-16(5-3-11)21(19,20)18-17-14-7-12-6-13(9-14)10-15(17)8-12;/h2-5,12-15,17-18H,6-10H2,1H3;1H. The summed E-state index contributed by atoms with van der Waals surface area (Å²) in [5.74, 6) is 2.88. The summed E-state index contributed by atoms with van der Waals surface area (Å²) < 4.78 is 28.3. The highest BCUT2D eigenvalue weighted by Gasteiger charge is 2.49. The summed E-state index contributed by atoms with van der Waals surface area (Å²) in [6.45, 7) is 1.97. The third-order valence-corrected chi connectivity index (χ3v) is 7.32. The van der Waals surface area contributed by atoms with Gasteiger partial charge in [0.2, 0.25) is 10.0 Å². The van der Waals surface area contributed by atoms with Crippen molar-refractivity contribution >= 4 is 22.4 Å². The van der Waals surface area contributed by atoms with Crippen molar-refractivity contribution in [3.63, 3.8) is 0 Å². The second-order valence-corrected chi connectivity index (χ2v) is 9.10. The normalized spacial score (nSPS) is 36.1. The molecule has 0 unspecified atom stereocenters. The number of hydrogen-bond acceptors (Lipinski definition) is 2. The molecule has 0 aliphatic heterocycles. The van der Waals surface area contributed by atoms with E-state index in [4.69, 9.17) is 0 Å². The predicted octanol–water partition coefficient (Wildman–Crippen LogP) is 3.52. The van der Waals surface area contributed by atoms with Gasteiger partial charge in [-0.1, -0.05) is 17.7 Å². The fourth-order valence-electron chi connectivity index (χ4n) is 5.08. The van der Waals surface area contributed by atoms with Crippen LogP contribution in [0.15, 0.2) is 29.2 Å². The quantitative estimate of drug-likeness (QED) is 0.914. The second-order valence-electron chi connectivity index (χ2n) is 7.39. The first-order chi connectivity index (χ1) is 10.0. The van der Waals surface area contributed by atoms with Crippen molar-refractivity contribution in [3.05, 3.63) is 29.8 Å². The number of hydrogen-bond donors (Lipinski definition) is 1. The maximum absolute atomic E-state index is 12.6. The molecule has 1 N–H and O–H groups in total.